The van der Waals surface area contributed by atoms with Gasteiger partial charge in [-0.3, -0.25) is 4.79 Å². The molecule has 72 valence electrons. The molecule has 14 heavy (non-hydrogen) atoms. The van der Waals surface area contributed by atoms with E-state index in [4.69, 9.17) is 0 Å². The third-order valence-electron chi connectivity index (χ3n) is 2.17. The van der Waals surface area contributed by atoms with Gasteiger partial charge >= 0.3 is 0 Å². The standard InChI is InChI=1S/C11H10BrNO/c12-6-5-8-1-3-10-9(7-8)2-4-11(14)13-10/h1-4,7H,5-6H2,(H,13,14). The Morgan fingerprint density at radius 3 is 2.86 bits per heavy atom. The van der Waals surface area contributed by atoms with Gasteiger partial charge in [-0.15, -0.1) is 0 Å². The zero-order valence-electron chi connectivity index (χ0n) is 7.59. The number of nitrogens with one attached hydrogen (secondary N) is 1. The van der Waals surface area contributed by atoms with Crippen molar-refractivity contribution in [1.29, 1.82) is 0 Å². The summed E-state index contributed by atoms with van der Waals surface area (Å²) < 4.78 is 0. The van der Waals surface area contributed by atoms with E-state index in [0.717, 1.165) is 22.7 Å². The summed E-state index contributed by atoms with van der Waals surface area (Å²) in [6, 6.07) is 9.51. The van der Waals surface area contributed by atoms with Crippen LogP contribution in [0.25, 0.3) is 10.9 Å². The zero-order valence-corrected chi connectivity index (χ0v) is 9.17. The highest BCUT2D eigenvalue weighted by Crippen LogP contribution is 2.12. The second kappa shape index (κ2) is 3.96. The van der Waals surface area contributed by atoms with Crippen LogP contribution in [0.4, 0.5) is 0 Å². The minimum atomic E-state index is -0.0502. The van der Waals surface area contributed by atoms with Gasteiger partial charge in [0.2, 0.25) is 5.56 Å². The number of benzene rings is 1. The van der Waals surface area contributed by atoms with E-state index in [1.807, 2.05) is 18.2 Å². The topological polar surface area (TPSA) is 32.9 Å². The molecule has 0 saturated carbocycles. The number of rotatable bonds is 2. The second-order valence-electron chi connectivity index (χ2n) is 3.18. The predicted molar refractivity (Wildman–Crippen MR) is 62.1 cm³/mol. The molecule has 2 rings (SSSR count). The van der Waals surface area contributed by atoms with Crippen LogP contribution < -0.4 is 5.56 Å². The molecule has 3 heteroatoms. The maximum atomic E-state index is 11.0. The van der Waals surface area contributed by atoms with Gasteiger partial charge in [0, 0.05) is 16.9 Å². The number of hydrogen-bond acceptors (Lipinski definition) is 1. The molecular weight excluding hydrogens is 242 g/mol. The molecule has 0 amide bonds. The highest BCUT2D eigenvalue weighted by molar-refractivity contribution is 9.09. The normalized spacial score (nSPS) is 10.6. The van der Waals surface area contributed by atoms with Crippen molar-refractivity contribution in [1.82, 2.24) is 4.98 Å². The zero-order chi connectivity index (χ0) is 9.97. The third-order valence-corrected chi connectivity index (χ3v) is 2.57. The molecule has 2 nitrogen and oxygen atoms in total. The fraction of sp³-hybridized carbons (Fsp3) is 0.182. The minimum Gasteiger partial charge on any atom is -0.322 e. The fourth-order valence-corrected chi connectivity index (χ4v) is 1.93. The van der Waals surface area contributed by atoms with Crippen LogP contribution in [-0.2, 0) is 6.42 Å². The Kier molecular flexibility index (Phi) is 2.68. The Morgan fingerprint density at radius 2 is 2.07 bits per heavy atom. The van der Waals surface area contributed by atoms with Gasteiger partial charge in [-0.1, -0.05) is 22.0 Å². The monoisotopic (exact) mass is 251 g/mol. The first kappa shape index (κ1) is 9.46. The Labute approximate surface area is 90.1 Å². The van der Waals surface area contributed by atoms with Crippen molar-refractivity contribution >= 4 is 26.8 Å². The highest BCUT2D eigenvalue weighted by Gasteiger charge is 1.96. The Morgan fingerprint density at radius 1 is 1.21 bits per heavy atom. The molecule has 0 radical (unpaired) electrons. The predicted octanol–water partition coefficient (Wildman–Crippen LogP) is 2.47. The summed E-state index contributed by atoms with van der Waals surface area (Å²) in [7, 11) is 0. The van der Waals surface area contributed by atoms with E-state index in [1.54, 1.807) is 6.07 Å². The molecule has 0 aliphatic carbocycles. The van der Waals surface area contributed by atoms with Gasteiger partial charge in [-0.05, 0) is 35.6 Å². The minimum absolute atomic E-state index is 0.0502. The van der Waals surface area contributed by atoms with Gasteiger partial charge in [-0.25, -0.2) is 0 Å². The number of aromatic amines is 1. The first-order valence-electron chi connectivity index (χ1n) is 4.47. The van der Waals surface area contributed by atoms with Crippen molar-refractivity contribution in [2.45, 2.75) is 6.42 Å². The van der Waals surface area contributed by atoms with Gasteiger partial charge in [0.15, 0.2) is 0 Å². The average Bonchev–Trinajstić information content (AvgIpc) is 2.19. The molecule has 0 unspecified atom stereocenters. The average molecular weight is 252 g/mol. The molecule has 1 aromatic heterocycles. The molecule has 2 aromatic rings. The first-order chi connectivity index (χ1) is 6.79. The number of H-pyrrole nitrogens is 1. The smallest absolute Gasteiger partial charge is 0.248 e. The summed E-state index contributed by atoms with van der Waals surface area (Å²) in [4.78, 5) is 13.8. The van der Waals surface area contributed by atoms with E-state index < -0.39 is 0 Å². The lowest BCUT2D eigenvalue weighted by Gasteiger charge is -2.00. The van der Waals surface area contributed by atoms with Crippen LogP contribution in [0.1, 0.15) is 5.56 Å². The van der Waals surface area contributed by atoms with Crippen LogP contribution in [-0.4, -0.2) is 10.3 Å². The summed E-state index contributed by atoms with van der Waals surface area (Å²) in [6.07, 6.45) is 1.01. The lowest BCUT2D eigenvalue weighted by molar-refractivity contribution is 1.17. The number of aromatic nitrogens is 1. The largest absolute Gasteiger partial charge is 0.322 e. The van der Waals surface area contributed by atoms with E-state index in [-0.39, 0.29) is 5.56 Å². The Bertz CT molecular complexity index is 504. The molecule has 1 aromatic carbocycles. The SMILES string of the molecule is O=c1ccc2cc(CCBr)ccc2[nH]1. The van der Waals surface area contributed by atoms with Crippen molar-refractivity contribution in [3.63, 3.8) is 0 Å². The van der Waals surface area contributed by atoms with Gasteiger partial charge < -0.3 is 4.98 Å². The lowest BCUT2D eigenvalue weighted by atomic mass is 10.1. The molecule has 0 saturated heterocycles. The number of pyridine rings is 1. The maximum Gasteiger partial charge on any atom is 0.248 e. The van der Waals surface area contributed by atoms with Gasteiger partial charge in [0.05, 0.1) is 0 Å². The molecule has 0 spiro atoms. The molecule has 0 aliphatic heterocycles. The number of aryl methyl sites for hydroxylation is 1. The molecule has 0 aliphatic rings. The molecule has 0 bridgehead atoms. The quantitative estimate of drug-likeness (QED) is 0.818. The van der Waals surface area contributed by atoms with Crippen molar-refractivity contribution in [3.8, 4) is 0 Å². The van der Waals surface area contributed by atoms with Crippen LogP contribution in [0.5, 0.6) is 0 Å². The van der Waals surface area contributed by atoms with Crippen molar-refractivity contribution in [2.75, 3.05) is 5.33 Å². The lowest BCUT2D eigenvalue weighted by Crippen LogP contribution is -2.02. The van der Waals surface area contributed by atoms with Gasteiger partial charge in [-0.2, -0.15) is 0 Å². The van der Waals surface area contributed by atoms with Crippen LogP contribution in [0.3, 0.4) is 0 Å². The summed E-state index contributed by atoms with van der Waals surface area (Å²) in [5.41, 5.74) is 2.13. The molecular formula is C11H10BrNO. The van der Waals surface area contributed by atoms with Crippen molar-refractivity contribution in [3.05, 3.63) is 46.2 Å². The summed E-state index contributed by atoms with van der Waals surface area (Å²) >= 11 is 3.40. The van der Waals surface area contributed by atoms with Gasteiger partial charge in [0.25, 0.3) is 0 Å². The Balaban J connectivity index is 2.56. The van der Waals surface area contributed by atoms with Crippen LogP contribution in [0.2, 0.25) is 0 Å². The molecule has 0 fully saturated rings. The molecule has 0 atom stereocenters. The van der Waals surface area contributed by atoms with Crippen LogP contribution in [0, 0.1) is 0 Å². The Hall–Kier alpha value is -1.09. The number of halogens is 1. The first-order valence-corrected chi connectivity index (χ1v) is 5.60. The van der Waals surface area contributed by atoms with Gasteiger partial charge in [0.1, 0.15) is 0 Å². The molecule has 1 heterocycles. The van der Waals surface area contributed by atoms with E-state index in [9.17, 15) is 4.79 Å². The number of fused-ring (bicyclic) bond motifs is 1. The van der Waals surface area contributed by atoms with E-state index in [0.29, 0.717) is 0 Å². The highest BCUT2D eigenvalue weighted by atomic mass is 79.9. The maximum absolute atomic E-state index is 11.0. The van der Waals surface area contributed by atoms with E-state index in [1.165, 1.54) is 5.56 Å². The second-order valence-corrected chi connectivity index (χ2v) is 3.98. The summed E-state index contributed by atoms with van der Waals surface area (Å²) in [5, 5.41) is 2.05. The van der Waals surface area contributed by atoms with E-state index >= 15 is 0 Å². The van der Waals surface area contributed by atoms with E-state index in [2.05, 4.69) is 27.0 Å². The fourth-order valence-electron chi connectivity index (χ4n) is 1.47. The number of hydrogen-bond donors (Lipinski definition) is 1. The molecule has 1 N–H and O–H groups in total. The summed E-state index contributed by atoms with van der Waals surface area (Å²) in [6.45, 7) is 0. The van der Waals surface area contributed by atoms with Crippen LogP contribution >= 0.6 is 15.9 Å². The van der Waals surface area contributed by atoms with Crippen molar-refractivity contribution < 1.29 is 0 Å². The third kappa shape index (κ3) is 1.87. The summed E-state index contributed by atoms with van der Waals surface area (Å²) in [5.74, 6) is 0. The van der Waals surface area contributed by atoms with Crippen LogP contribution in [0.15, 0.2) is 35.1 Å². The number of alkyl halides is 1. The van der Waals surface area contributed by atoms with Crippen molar-refractivity contribution in [2.24, 2.45) is 0 Å².